The molecule has 1 aliphatic heterocycles. The summed E-state index contributed by atoms with van der Waals surface area (Å²) in [5.41, 5.74) is 3.78. The highest BCUT2D eigenvalue weighted by atomic mass is 32.1. The van der Waals surface area contributed by atoms with E-state index in [9.17, 15) is 0 Å². The molecule has 1 aromatic carbocycles. The summed E-state index contributed by atoms with van der Waals surface area (Å²) in [5, 5.41) is 4.26. The Labute approximate surface area is 162 Å². The lowest BCUT2D eigenvalue weighted by molar-refractivity contribution is 0.389. The Balaban J connectivity index is 1.54. The number of piperazine rings is 1. The van der Waals surface area contributed by atoms with Gasteiger partial charge in [-0.05, 0) is 61.3 Å². The van der Waals surface area contributed by atoms with Gasteiger partial charge in [0.25, 0.3) is 0 Å². The third-order valence-corrected chi connectivity index (χ3v) is 5.25. The standard InChI is InChI=1S/C21H28N4S/c1-3-4-7-18-9-10-19(17(2)16-18)23-21(26)25-14-12-24(13-15-25)20-8-5-6-11-22-20/h5-6,8-11,16H,3-4,7,12-15H2,1-2H3,(H,23,26). The maximum Gasteiger partial charge on any atom is 0.173 e. The molecule has 0 atom stereocenters. The van der Waals surface area contributed by atoms with E-state index in [4.69, 9.17) is 12.2 Å². The molecular weight excluding hydrogens is 340 g/mol. The number of nitrogens with zero attached hydrogens (tertiary/aromatic N) is 3. The van der Waals surface area contributed by atoms with Gasteiger partial charge in [0.2, 0.25) is 0 Å². The normalized spacial score (nSPS) is 14.4. The van der Waals surface area contributed by atoms with Gasteiger partial charge in [0.1, 0.15) is 5.82 Å². The first-order chi connectivity index (χ1) is 12.7. The average molecular weight is 369 g/mol. The molecule has 0 amide bonds. The van der Waals surface area contributed by atoms with Crippen molar-refractivity contribution in [1.29, 1.82) is 0 Å². The monoisotopic (exact) mass is 368 g/mol. The molecule has 4 nitrogen and oxygen atoms in total. The molecule has 0 spiro atoms. The van der Waals surface area contributed by atoms with E-state index < -0.39 is 0 Å². The molecule has 1 saturated heterocycles. The van der Waals surface area contributed by atoms with Crippen LogP contribution in [0.25, 0.3) is 0 Å². The average Bonchev–Trinajstić information content (AvgIpc) is 2.69. The van der Waals surface area contributed by atoms with Gasteiger partial charge in [-0.3, -0.25) is 0 Å². The van der Waals surface area contributed by atoms with Crippen LogP contribution >= 0.6 is 12.2 Å². The molecule has 5 heteroatoms. The Kier molecular flexibility index (Phi) is 6.45. The molecule has 1 fully saturated rings. The maximum absolute atomic E-state index is 5.65. The minimum Gasteiger partial charge on any atom is -0.353 e. The quantitative estimate of drug-likeness (QED) is 0.798. The first-order valence-electron chi connectivity index (χ1n) is 9.49. The minimum atomic E-state index is 0.815. The Bertz CT molecular complexity index is 724. The Morgan fingerprint density at radius 2 is 1.96 bits per heavy atom. The predicted molar refractivity (Wildman–Crippen MR) is 114 cm³/mol. The van der Waals surface area contributed by atoms with E-state index in [2.05, 4.69) is 58.2 Å². The molecule has 0 bridgehead atoms. The Morgan fingerprint density at radius 3 is 2.62 bits per heavy atom. The Morgan fingerprint density at radius 1 is 1.15 bits per heavy atom. The molecule has 26 heavy (non-hydrogen) atoms. The van der Waals surface area contributed by atoms with Crippen LogP contribution in [-0.2, 0) is 6.42 Å². The summed E-state index contributed by atoms with van der Waals surface area (Å²) in [6.07, 6.45) is 5.47. The third-order valence-electron chi connectivity index (χ3n) is 4.89. The molecule has 1 aliphatic rings. The fourth-order valence-corrected chi connectivity index (χ4v) is 3.57. The molecule has 3 rings (SSSR count). The summed E-state index contributed by atoms with van der Waals surface area (Å²) < 4.78 is 0. The van der Waals surface area contributed by atoms with Crippen molar-refractivity contribution in [3.63, 3.8) is 0 Å². The second-order valence-electron chi connectivity index (χ2n) is 6.85. The first-order valence-corrected chi connectivity index (χ1v) is 9.89. The van der Waals surface area contributed by atoms with Gasteiger partial charge in [-0.2, -0.15) is 0 Å². The van der Waals surface area contributed by atoms with Gasteiger partial charge in [0, 0.05) is 38.1 Å². The zero-order chi connectivity index (χ0) is 18.4. The third kappa shape index (κ3) is 4.73. The molecule has 2 aromatic rings. The molecule has 138 valence electrons. The van der Waals surface area contributed by atoms with Crippen LogP contribution in [0.3, 0.4) is 0 Å². The van der Waals surface area contributed by atoms with E-state index in [1.807, 2.05) is 18.3 Å². The number of hydrogen-bond acceptors (Lipinski definition) is 3. The van der Waals surface area contributed by atoms with Crippen LogP contribution in [0.2, 0.25) is 0 Å². The number of thiocarbonyl (C=S) groups is 1. The first kappa shape index (κ1) is 18.6. The largest absolute Gasteiger partial charge is 0.353 e. The Hall–Kier alpha value is -2.14. The van der Waals surface area contributed by atoms with Gasteiger partial charge >= 0.3 is 0 Å². The fourth-order valence-electron chi connectivity index (χ4n) is 3.28. The van der Waals surface area contributed by atoms with Crippen LogP contribution in [0.5, 0.6) is 0 Å². The number of nitrogens with one attached hydrogen (secondary N) is 1. The lowest BCUT2D eigenvalue weighted by Gasteiger charge is -2.36. The number of pyridine rings is 1. The van der Waals surface area contributed by atoms with E-state index in [1.165, 1.54) is 24.0 Å². The molecule has 2 heterocycles. The number of aromatic nitrogens is 1. The summed E-state index contributed by atoms with van der Waals surface area (Å²) in [4.78, 5) is 9.00. The smallest absolute Gasteiger partial charge is 0.173 e. The van der Waals surface area contributed by atoms with Gasteiger partial charge in [0.05, 0.1) is 0 Å². The van der Waals surface area contributed by atoms with E-state index in [0.717, 1.165) is 49.2 Å². The number of unbranched alkanes of at least 4 members (excludes halogenated alkanes) is 1. The van der Waals surface area contributed by atoms with Gasteiger partial charge in [-0.15, -0.1) is 0 Å². The summed E-state index contributed by atoms with van der Waals surface area (Å²) in [6, 6.07) is 12.7. The van der Waals surface area contributed by atoms with Crippen molar-refractivity contribution in [3.8, 4) is 0 Å². The van der Waals surface area contributed by atoms with Crippen LogP contribution in [0, 0.1) is 6.92 Å². The van der Waals surface area contributed by atoms with Crippen LogP contribution in [0.4, 0.5) is 11.5 Å². The molecular formula is C21H28N4S. The number of rotatable bonds is 5. The van der Waals surface area contributed by atoms with Gasteiger partial charge in [-0.25, -0.2) is 4.98 Å². The van der Waals surface area contributed by atoms with Crippen LogP contribution < -0.4 is 10.2 Å². The van der Waals surface area contributed by atoms with Crippen molar-refractivity contribution in [2.45, 2.75) is 33.1 Å². The second-order valence-corrected chi connectivity index (χ2v) is 7.23. The highest BCUT2D eigenvalue weighted by Crippen LogP contribution is 2.19. The topological polar surface area (TPSA) is 31.4 Å². The van der Waals surface area contributed by atoms with Crippen molar-refractivity contribution in [2.75, 3.05) is 36.4 Å². The predicted octanol–water partition coefficient (Wildman–Crippen LogP) is 4.25. The van der Waals surface area contributed by atoms with Gasteiger partial charge in [0.15, 0.2) is 5.11 Å². The van der Waals surface area contributed by atoms with Crippen LogP contribution in [0.1, 0.15) is 30.9 Å². The lowest BCUT2D eigenvalue weighted by atomic mass is 10.0. The molecule has 0 radical (unpaired) electrons. The van der Waals surface area contributed by atoms with Crippen LogP contribution in [0.15, 0.2) is 42.6 Å². The van der Waals surface area contributed by atoms with Crippen molar-refractivity contribution < 1.29 is 0 Å². The van der Waals surface area contributed by atoms with Crippen molar-refractivity contribution in [1.82, 2.24) is 9.88 Å². The summed E-state index contributed by atoms with van der Waals surface area (Å²) in [7, 11) is 0. The second kappa shape index (κ2) is 8.99. The minimum absolute atomic E-state index is 0.815. The maximum atomic E-state index is 5.65. The molecule has 0 unspecified atom stereocenters. The zero-order valence-corrected chi connectivity index (χ0v) is 16.6. The lowest BCUT2D eigenvalue weighted by Crippen LogP contribution is -2.50. The number of aryl methyl sites for hydroxylation is 2. The highest BCUT2D eigenvalue weighted by Gasteiger charge is 2.20. The van der Waals surface area contributed by atoms with E-state index in [0.29, 0.717) is 0 Å². The van der Waals surface area contributed by atoms with Gasteiger partial charge < -0.3 is 15.1 Å². The van der Waals surface area contributed by atoms with E-state index in [1.54, 1.807) is 0 Å². The van der Waals surface area contributed by atoms with Crippen molar-refractivity contribution >= 4 is 28.8 Å². The molecule has 1 aromatic heterocycles. The highest BCUT2D eigenvalue weighted by molar-refractivity contribution is 7.80. The van der Waals surface area contributed by atoms with E-state index >= 15 is 0 Å². The number of anilines is 2. The van der Waals surface area contributed by atoms with Crippen LogP contribution in [-0.4, -0.2) is 41.2 Å². The summed E-state index contributed by atoms with van der Waals surface area (Å²) in [6.45, 7) is 8.09. The van der Waals surface area contributed by atoms with Crippen molar-refractivity contribution in [2.24, 2.45) is 0 Å². The van der Waals surface area contributed by atoms with Gasteiger partial charge in [-0.1, -0.05) is 31.5 Å². The number of benzene rings is 1. The molecule has 0 aliphatic carbocycles. The van der Waals surface area contributed by atoms with Crippen molar-refractivity contribution in [3.05, 3.63) is 53.7 Å². The summed E-state index contributed by atoms with van der Waals surface area (Å²) in [5.74, 6) is 1.05. The zero-order valence-electron chi connectivity index (χ0n) is 15.7. The molecule has 0 saturated carbocycles. The molecule has 1 N–H and O–H groups in total. The van der Waals surface area contributed by atoms with E-state index in [-0.39, 0.29) is 0 Å². The summed E-state index contributed by atoms with van der Waals surface area (Å²) >= 11 is 5.65. The number of hydrogen-bond donors (Lipinski definition) is 1. The SMILES string of the molecule is CCCCc1ccc(NC(=S)N2CCN(c3ccccn3)CC2)c(C)c1. The fraction of sp³-hybridized carbons (Fsp3) is 0.429.